The molecule has 1 heterocycles. The van der Waals surface area contributed by atoms with E-state index in [1.54, 1.807) is 0 Å². The van der Waals surface area contributed by atoms with Crippen molar-refractivity contribution in [2.45, 2.75) is 18.9 Å². The lowest BCUT2D eigenvalue weighted by Gasteiger charge is -2.31. The van der Waals surface area contributed by atoms with Crippen molar-refractivity contribution in [3.05, 3.63) is 30.3 Å². The van der Waals surface area contributed by atoms with Gasteiger partial charge in [0.05, 0.1) is 0 Å². The maximum Gasteiger partial charge on any atom is 0.119 e. The quantitative estimate of drug-likeness (QED) is 0.788. The lowest BCUT2D eigenvalue weighted by atomic mass is 10.1. The van der Waals surface area contributed by atoms with E-state index in [-0.39, 0.29) is 0 Å². The number of piperidine rings is 1. The van der Waals surface area contributed by atoms with Crippen LogP contribution in [0, 0.1) is 0 Å². The molecule has 0 unspecified atom stereocenters. The van der Waals surface area contributed by atoms with E-state index in [1.807, 2.05) is 30.3 Å². The molecular formula is C13H18BrNO. The van der Waals surface area contributed by atoms with Gasteiger partial charge in [-0.3, -0.25) is 0 Å². The Hall–Kier alpha value is -0.540. The molecule has 1 aromatic rings. The minimum atomic E-state index is 0.397. The number of likely N-dealkylation sites (tertiary alicyclic amines) is 1. The van der Waals surface area contributed by atoms with Gasteiger partial charge in [-0.15, -0.1) is 0 Å². The van der Waals surface area contributed by atoms with E-state index in [4.69, 9.17) is 4.74 Å². The molecule has 1 aliphatic heterocycles. The van der Waals surface area contributed by atoms with E-state index < -0.39 is 0 Å². The van der Waals surface area contributed by atoms with E-state index in [9.17, 15) is 0 Å². The fraction of sp³-hybridized carbons (Fsp3) is 0.538. The van der Waals surface area contributed by atoms with Gasteiger partial charge in [-0.05, 0) is 25.0 Å². The highest BCUT2D eigenvalue weighted by Crippen LogP contribution is 2.18. The van der Waals surface area contributed by atoms with Crippen LogP contribution >= 0.6 is 15.9 Å². The molecule has 0 radical (unpaired) electrons. The minimum Gasteiger partial charge on any atom is -0.490 e. The molecule has 1 saturated heterocycles. The maximum atomic E-state index is 5.94. The smallest absolute Gasteiger partial charge is 0.119 e. The zero-order valence-electron chi connectivity index (χ0n) is 9.44. The lowest BCUT2D eigenvalue weighted by molar-refractivity contribution is 0.104. The lowest BCUT2D eigenvalue weighted by Crippen LogP contribution is -2.39. The van der Waals surface area contributed by atoms with Crippen molar-refractivity contribution < 1.29 is 4.74 Å². The molecule has 1 aliphatic rings. The van der Waals surface area contributed by atoms with Crippen molar-refractivity contribution in [1.82, 2.24) is 4.90 Å². The molecule has 0 amide bonds. The van der Waals surface area contributed by atoms with Crippen LogP contribution in [-0.2, 0) is 0 Å². The van der Waals surface area contributed by atoms with Crippen LogP contribution in [0.5, 0.6) is 5.75 Å². The Balaban J connectivity index is 1.77. The molecule has 0 N–H and O–H groups in total. The summed E-state index contributed by atoms with van der Waals surface area (Å²) in [5.41, 5.74) is 0. The molecular weight excluding hydrogens is 266 g/mol. The molecule has 0 saturated carbocycles. The van der Waals surface area contributed by atoms with Crippen molar-refractivity contribution in [2.75, 3.05) is 25.0 Å². The molecule has 2 rings (SSSR count). The van der Waals surface area contributed by atoms with Gasteiger partial charge in [0.2, 0.25) is 0 Å². The Morgan fingerprint density at radius 3 is 2.50 bits per heavy atom. The summed E-state index contributed by atoms with van der Waals surface area (Å²) in [6, 6.07) is 10.1. The van der Waals surface area contributed by atoms with Gasteiger partial charge in [-0.1, -0.05) is 34.1 Å². The molecule has 16 heavy (non-hydrogen) atoms. The molecule has 2 nitrogen and oxygen atoms in total. The van der Waals surface area contributed by atoms with Crippen molar-refractivity contribution in [3.8, 4) is 5.75 Å². The standard InChI is InChI=1S/C13H18BrNO/c14-8-11-15-9-6-13(7-10-15)16-12-4-2-1-3-5-12/h1-5,13H,6-11H2. The summed E-state index contributed by atoms with van der Waals surface area (Å²) >= 11 is 3.48. The predicted molar refractivity (Wildman–Crippen MR) is 70.3 cm³/mol. The third kappa shape index (κ3) is 3.49. The highest BCUT2D eigenvalue weighted by molar-refractivity contribution is 9.09. The van der Waals surface area contributed by atoms with E-state index >= 15 is 0 Å². The largest absolute Gasteiger partial charge is 0.490 e. The van der Waals surface area contributed by atoms with Crippen LogP contribution in [0.15, 0.2) is 30.3 Å². The molecule has 0 spiro atoms. The number of para-hydroxylation sites is 1. The fourth-order valence-electron chi connectivity index (χ4n) is 2.06. The second-order valence-corrected chi connectivity index (χ2v) is 4.95. The highest BCUT2D eigenvalue weighted by Gasteiger charge is 2.19. The Morgan fingerprint density at radius 1 is 1.19 bits per heavy atom. The van der Waals surface area contributed by atoms with Gasteiger partial charge in [-0.2, -0.15) is 0 Å². The summed E-state index contributed by atoms with van der Waals surface area (Å²) in [5.74, 6) is 1.00. The minimum absolute atomic E-state index is 0.397. The average Bonchev–Trinajstić information content (AvgIpc) is 2.33. The van der Waals surface area contributed by atoms with Crippen molar-refractivity contribution in [3.63, 3.8) is 0 Å². The number of nitrogens with zero attached hydrogens (tertiary/aromatic N) is 1. The third-order valence-corrected chi connectivity index (χ3v) is 3.34. The average molecular weight is 284 g/mol. The number of rotatable bonds is 4. The predicted octanol–water partition coefficient (Wildman–Crippen LogP) is 2.92. The fourth-order valence-corrected chi connectivity index (χ4v) is 2.56. The molecule has 3 heteroatoms. The first-order chi connectivity index (χ1) is 7.88. The van der Waals surface area contributed by atoms with E-state index in [1.165, 1.54) is 0 Å². The van der Waals surface area contributed by atoms with Gasteiger partial charge in [0.25, 0.3) is 0 Å². The van der Waals surface area contributed by atoms with Gasteiger partial charge < -0.3 is 9.64 Å². The van der Waals surface area contributed by atoms with E-state index in [0.717, 1.165) is 43.6 Å². The number of alkyl halides is 1. The third-order valence-electron chi connectivity index (χ3n) is 2.98. The summed E-state index contributed by atoms with van der Waals surface area (Å²) < 4.78 is 5.94. The van der Waals surface area contributed by atoms with Gasteiger partial charge in [0.1, 0.15) is 11.9 Å². The number of hydrogen-bond donors (Lipinski definition) is 0. The topological polar surface area (TPSA) is 12.5 Å². The molecule has 1 aromatic carbocycles. The summed E-state index contributed by atoms with van der Waals surface area (Å²) in [6.45, 7) is 3.46. The molecule has 0 aromatic heterocycles. The van der Waals surface area contributed by atoms with Crippen LogP contribution in [0.2, 0.25) is 0 Å². The van der Waals surface area contributed by atoms with Crippen molar-refractivity contribution in [2.24, 2.45) is 0 Å². The van der Waals surface area contributed by atoms with Crippen LogP contribution in [0.1, 0.15) is 12.8 Å². The van der Waals surface area contributed by atoms with Gasteiger partial charge in [0.15, 0.2) is 0 Å². The summed E-state index contributed by atoms with van der Waals surface area (Å²) in [4.78, 5) is 2.49. The van der Waals surface area contributed by atoms with Crippen molar-refractivity contribution >= 4 is 15.9 Å². The maximum absolute atomic E-state index is 5.94. The van der Waals surface area contributed by atoms with Crippen LogP contribution in [-0.4, -0.2) is 36.0 Å². The van der Waals surface area contributed by atoms with Crippen LogP contribution in [0.25, 0.3) is 0 Å². The second-order valence-electron chi connectivity index (χ2n) is 4.16. The Bertz CT molecular complexity index is 296. The SMILES string of the molecule is BrCCN1CCC(Oc2ccccc2)CC1. The first-order valence-electron chi connectivity index (χ1n) is 5.88. The zero-order valence-corrected chi connectivity index (χ0v) is 11.0. The molecule has 0 aliphatic carbocycles. The number of ether oxygens (including phenoxy) is 1. The van der Waals surface area contributed by atoms with Gasteiger partial charge in [0, 0.05) is 25.0 Å². The zero-order chi connectivity index (χ0) is 11.2. The van der Waals surface area contributed by atoms with Crippen LogP contribution in [0.4, 0.5) is 0 Å². The van der Waals surface area contributed by atoms with E-state index in [2.05, 4.69) is 20.8 Å². The Kier molecular flexibility index (Phi) is 4.67. The van der Waals surface area contributed by atoms with Crippen molar-refractivity contribution in [1.29, 1.82) is 0 Å². The molecule has 1 fully saturated rings. The first kappa shape index (κ1) is 11.9. The number of benzene rings is 1. The molecule has 88 valence electrons. The monoisotopic (exact) mass is 283 g/mol. The van der Waals surface area contributed by atoms with Gasteiger partial charge in [-0.25, -0.2) is 0 Å². The highest BCUT2D eigenvalue weighted by atomic mass is 79.9. The molecule has 0 atom stereocenters. The summed E-state index contributed by atoms with van der Waals surface area (Å²) in [7, 11) is 0. The summed E-state index contributed by atoms with van der Waals surface area (Å²) in [5, 5.41) is 1.07. The normalized spacial score (nSPS) is 18.6. The van der Waals surface area contributed by atoms with Crippen LogP contribution < -0.4 is 4.74 Å². The Morgan fingerprint density at radius 2 is 1.88 bits per heavy atom. The Labute approximate surface area is 106 Å². The number of hydrogen-bond acceptors (Lipinski definition) is 2. The van der Waals surface area contributed by atoms with E-state index in [0.29, 0.717) is 6.10 Å². The van der Waals surface area contributed by atoms with Crippen LogP contribution in [0.3, 0.4) is 0 Å². The van der Waals surface area contributed by atoms with Gasteiger partial charge >= 0.3 is 0 Å². The second kappa shape index (κ2) is 6.26. The summed E-state index contributed by atoms with van der Waals surface area (Å²) in [6.07, 6.45) is 2.68. The molecule has 0 bridgehead atoms. The first-order valence-corrected chi connectivity index (χ1v) is 7.00. The number of halogens is 1.